The predicted molar refractivity (Wildman–Crippen MR) is 154 cm³/mol. The number of nitrogens with zero attached hydrogens (tertiary/aromatic N) is 2. The number of aromatic nitrogens is 2. The van der Waals surface area contributed by atoms with Crippen LogP contribution < -0.4 is 10.3 Å². The van der Waals surface area contributed by atoms with Gasteiger partial charge in [0.1, 0.15) is 5.82 Å². The molecule has 0 aliphatic heterocycles. The van der Waals surface area contributed by atoms with Gasteiger partial charge in [-0.25, -0.2) is 9.37 Å². The van der Waals surface area contributed by atoms with E-state index in [1.54, 1.807) is 54.6 Å². The molecule has 6 heteroatoms. The van der Waals surface area contributed by atoms with Crippen molar-refractivity contribution in [2.75, 3.05) is 0 Å². The van der Waals surface area contributed by atoms with Crippen molar-refractivity contribution in [3.05, 3.63) is 156 Å². The minimum Gasteiger partial charge on any atom is -0.379 e. The quantitative estimate of drug-likeness (QED) is 0.215. The van der Waals surface area contributed by atoms with Crippen LogP contribution in [0.4, 0.5) is 4.39 Å². The third-order valence-electron chi connectivity index (χ3n) is 6.82. The molecule has 6 aromatic rings. The van der Waals surface area contributed by atoms with E-state index in [2.05, 4.69) is 5.48 Å². The number of halogens is 1. The molecule has 40 heavy (non-hydrogen) atoms. The molecular formula is C34H26FN3O2. The average Bonchev–Trinajstić information content (AvgIpc) is 3.39. The number of rotatable bonds is 8. The summed E-state index contributed by atoms with van der Waals surface area (Å²) in [5.41, 5.74) is 6.64. The maximum Gasteiger partial charge on any atom is 0.316 e. The standard InChI is InChI=1S/C34H26FN3O2/c35-34(28-16-8-3-9-17-28,33(39)37-40-29-22-20-27(21-23-29)26-14-6-2-7-15-26)38-31-19-11-10-18-30(31)36-32(38)24-25-12-4-1-5-13-25/h1-23H,24H2,(H,37,39). The molecule has 1 unspecified atom stereocenters. The Bertz CT molecular complexity index is 1740. The molecule has 1 aromatic heterocycles. The summed E-state index contributed by atoms with van der Waals surface area (Å²) in [6.07, 6.45) is 0.336. The molecule has 1 atom stereocenters. The fourth-order valence-corrected chi connectivity index (χ4v) is 4.86. The van der Waals surface area contributed by atoms with Gasteiger partial charge in [0.2, 0.25) is 0 Å². The van der Waals surface area contributed by atoms with E-state index in [1.165, 1.54) is 4.57 Å². The van der Waals surface area contributed by atoms with Crippen molar-refractivity contribution in [3.8, 4) is 16.9 Å². The van der Waals surface area contributed by atoms with Crippen molar-refractivity contribution in [3.63, 3.8) is 0 Å². The molecule has 0 radical (unpaired) electrons. The van der Waals surface area contributed by atoms with E-state index >= 15 is 4.39 Å². The number of para-hydroxylation sites is 2. The third kappa shape index (κ3) is 4.83. The number of nitrogens with one attached hydrogen (secondary N) is 1. The first-order valence-corrected chi connectivity index (χ1v) is 13.0. The van der Waals surface area contributed by atoms with Crippen LogP contribution in [0.15, 0.2) is 140 Å². The van der Waals surface area contributed by atoms with Crippen LogP contribution in [0.2, 0.25) is 0 Å². The third-order valence-corrected chi connectivity index (χ3v) is 6.82. The van der Waals surface area contributed by atoms with Gasteiger partial charge in [-0.1, -0.05) is 115 Å². The van der Waals surface area contributed by atoms with E-state index in [4.69, 9.17) is 9.82 Å². The smallest absolute Gasteiger partial charge is 0.316 e. The molecule has 5 nitrogen and oxygen atoms in total. The van der Waals surface area contributed by atoms with Crippen molar-refractivity contribution in [1.29, 1.82) is 0 Å². The van der Waals surface area contributed by atoms with Gasteiger partial charge in [-0.05, 0) is 41.0 Å². The lowest BCUT2D eigenvalue weighted by Gasteiger charge is -2.28. The average molecular weight is 528 g/mol. The Morgan fingerprint density at radius 3 is 2.00 bits per heavy atom. The zero-order valence-corrected chi connectivity index (χ0v) is 21.6. The first-order chi connectivity index (χ1) is 19.6. The number of fused-ring (bicyclic) bond motifs is 1. The Hall–Kier alpha value is -5.23. The van der Waals surface area contributed by atoms with Gasteiger partial charge in [0.25, 0.3) is 5.79 Å². The van der Waals surface area contributed by atoms with Crippen LogP contribution in [-0.4, -0.2) is 15.5 Å². The summed E-state index contributed by atoms with van der Waals surface area (Å²) in [4.78, 5) is 24.2. The predicted octanol–water partition coefficient (Wildman–Crippen LogP) is 7.07. The molecule has 0 bridgehead atoms. The summed E-state index contributed by atoms with van der Waals surface area (Å²) in [6.45, 7) is 0. The second-order valence-electron chi connectivity index (χ2n) is 9.43. The van der Waals surface area contributed by atoms with Crippen LogP contribution in [0.5, 0.6) is 5.75 Å². The molecule has 0 spiro atoms. The fourth-order valence-electron chi connectivity index (χ4n) is 4.86. The second kappa shape index (κ2) is 10.9. The molecule has 0 aliphatic rings. The Kier molecular flexibility index (Phi) is 6.81. The summed E-state index contributed by atoms with van der Waals surface area (Å²) in [5.74, 6) is -2.82. The largest absolute Gasteiger partial charge is 0.379 e. The molecule has 1 N–H and O–H groups in total. The molecule has 5 aromatic carbocycles. The number of amides is 1. The van der Waals surface area contributed by atoms with Gasteiger partial charge in [0.15, 0.2) is 5.75 Å². The van der Waals surface area contributed by atoms with Crippen LogP contribution in [0, 0.1) is 0 Å². The van der Waals surface area contributed by atoms with E-state index in [-0.39, 0.29) is 5.56 Å². The Morgan fingerprint density at radius 1 is 0.725 bits per heavy atom. The van der Waals surface area contributed by atoms with E-state index in [0.717, 1.165) is 16.7 Å². The van der Waals surface area contributed by atoms with Gasteiger partial charge in [-0.2, -0.15) is 5.48 Å². The highest BCUT2D eigenvalue weighted by atomic mass is 19.1. The number of alkyl halides is 1. The maximum absolute atomic E-state index is 17.6. The summed E-state index contributed by atoms with van der Waals surface area (Å²) >= 11 is 0. The second-order valence-corrected chi connectivity index (χ2v) is 9.43. The van der Waals surface area contributed by atoms with Crippen LogP contribution in [-0.2, 0) is 17.0 Å². The minimum atomic E-state index is -2.65. The SMILES string of the molecule is O=C(NOc1ccc(-c2ccccc2)cc1)C(F)(c1ccccc1)n1c(Cc2ccccc2)nc2ccccc21. The van der Waals surface area contributed by atoms with Gasteiger partial charge in [0, 0.05) is 12.0 Å². The number of benzene rings is 5. The lowest BCUT2D eigenvalue weighted by molar-refractivity contribution is -0.143. The lowest BCUT2D eigenvalue weighted by atomic mass is 10.0. The van der Waals surface area contributed by atoms with Gasteiger partial charge >= 0.3 is 5.91 Å². The monoisotopic (exact) mass is 527 g/mol. The Morgan fingerprint density at radius 2 is 1.30 bits per heavy atom. The zero-order valence-electron chi connectivity index (χ0n) is 21.6. The fraction of sp³-hybridized carbons (Fsp3) is 0.0588. The van der Waals surface area contributed by atoms with Crippen molar-refractivity contribution in [1.82, 2.24) is 15.0 Å². The van der Waals surface area contributed by atoms with E-state index < -0.39 is 11.7 Å². The highest BCUT2D eigenvalue weighted by molar-refractivity contribution is 5.89. The number of hydrogen-bond acceptors (Lipinski definition) is 3. The summed E-state index contributed by atoms with van der Waals surface area (Å²) in [6, 6.07) is 42.4. The van der Waals surface area contributed by atoms with Crippen molar-refractivity contribution < 1.29 is 14.0 Å². The zero-order chi connectivity index (χ0) is 27.4. The van der Waals surface area contributed by atoms with Gasteiger partial charge in [-0.15, -0.1) is 0 Å². The molecule has 1 amide bonds. The molecule has 0 fully saturated rings. The van der Waals surface area contributed by atoms with Gasteiger partial charge < -0.3 is 4.84 Å². The van der Waals surface area contributed by atoms with Gasteiger partial charge in [-0.3, -0.25) is 9.36 Å². The molecular weight excluding hydrogens is 501 g/mol. The molecule has 1 heterocycles. The Balaban J connectivity index is 1.37. The topological polar surface area (TPSA) is 56.1 Å². The minimum absolute atomic E-state index is 0.160. The molecule has 6 rings (SSSR count). The summed E-state index contributed by atoms with van der Waals surface area (Å²) in [5, 5.41) is 0. The molecule has 0 saturated carbocycles. The number of hydrogen-bond donors (Lipinski definition) is 1. The van der Waals surface area contributed by atoms with Crippen LogP contribution >= 0.6 is 0 Å². The number of carbonyl (C=O) groups is 1. The number of carbonyl (C=O) groups excluding carboxylic acids is 1. The highest BCUT2D eigenvalue weighted by Crippen LogP contribution is 2.35. The van der Waals surface area contributed by atoms with Crippen LogP contribution in [0.25, 0.3) is 22.2 Å². The lowest BCUT2D eigenvalue weighted by Crippen LogP contribution is -2.48. The summed E-state index contributed by atoms with van der Waals surface area (Å²) < 4.78 is 19.0. The maximum atomic E-state index is 17.6. The summed E-state index contributed by atoms with van der Waals surface area (Å²) in [7, 11) is 0. The molecule has 0 aliphatic carbocycles. The van der Waals surface area contributed by atoms with E-state index in [0.29, 0.717) is 29.0 Å². The van der Waals surface area contributed by atoms with E-state index in [1.807, 2.05) is 84.9 Å². The van der Waals surface area contributed by atoms with Crippen LogP contribution in [0.3, 0.4) is 0 Å². The van der Waals surface area contributed by atoms with Crippen molar-refractivity contribution in [2.45, 2.75) is 12.2 Å². The first kappa shape index (κ1) is 25.1. The van der Waals surface area contributed by atoms with Crippen LogP contribution in [0.1, 0.15) is 17.0 Å². The van der Waals surface area contributed by atoms with Gasteiger partial charge in [0.05, 0.1) is 11.0 Å². The number of hydroxylamine groups is 1. The Labute approximate surface area is 231 Å². The van der Waals surface area contributed by atoms with Crippen molar-refractivity contribution in [2.24, 2.45) is 0 Å². The van der Waals surface area contributed by atoms with Crippen molar-refractivity contribution >= 4 is 16.9 Å². The van der Waals surface area contributed by atoms with E-state index in [9.17, 15) is 4.79 Å². The normalized spacial score (nSPS) is 12.5. The highest BCUT2D eigenvalue weighted by Gasteiger charge is 2.46. The molecule has 196 valence electrons. The first-order valence-electron chi connectivity index (χ1n) is 13.0. The molecule has 0 saturated heterocycles. The number of imidazole rings is 1.